The summed E-state index contributed by atoms with van der Waals surface area (Å²) in [7, 11) is 0. The van der Waals surface area contributed by atoms with E-state index in [1.54, 1.807) is 6.92 Å². The Kier molecular flexibility index (Phi) is 17.9. The first-order valence-electron chi connectivity index (χ1n) is 4.87. The lowest BCUT2D eigenvalue weighted by atomic mass is 10.4. The maximum Gasteiger partial charge on any atom is 0.100 e. The number of ether oxygens (including phenoxy) is 2. The van der Waals surface area contributed by atoms with Gasteiger partial charge in [0.05, 0.1) is 39.1 Å². The molecule has 0 aromatic carbocycles. The SMILES string of the molecule is C.C.CC(COCC(O)CO)OCC(O)CO. The predicted molar refractivity (Wildman–Crippen MR) is 65.9 cm³/mol. The van der Waals surface area contributed by atoms with Crippen molar-refractivity contribution in [2.75, 3.05) is 33.0 Å². The maximum absolute atomic E-state index is 8.97. The smallest absolute Gasteiger partial charge is 0.100 e. The Labute approximate surface area is 104 Å². The molecule has 0 aliphatic carbocycles. The van der Waals surface area contributed by atoms with E-state index >= 15 is 0 Å². The quantitative estimate of drug-likeness (QED) is 0.439. The monoisotopic (exact) mass is 256 g/mol. The summed E-state index contributed by atoms with van der Waals surface area (Å²) in [6, 6.07) is 0. The summed E-state index contributed by atoms with van der Waals surface area (Å²) in [5, 5.41) is 34.9. The van der Waals surface area contributed by atoms with Crippen molar-refractivity contribution in [2.24, 2.45) is 0 Å². The maximum atomic E-state index is 8.97. The van der Waals surface area contributed by atoms with Crippen molar-refractivity contribution in [1.29, 1.82) is 0 Å². The van der Waals surface area contributed by atoms with Gasteiger partial charge in [0.25, 0.3) is 0 Å². The first-order valence-corrected chi connectivity index (χ1v) is 4.87. The average molecular weight is 256 g/mol. The molecule has 0 heterocycles. The number of hydrogen-bond acceptors (Lipinski definition) is 6. The van der Waals surface area contributed by atoms with E-state index in [9.17, 15) is 0 Å². The zero-order valence-corrected chi connectivity index (χ0v) is 8.87. The van der Waals surface area contributed by atoms with Crippen molar-refractivity contribution in [3.63, 3.8) is 0 Å². The molecule has 0 amide bonds. The Morgan fingerprint density at radius 1 is 0.882 bits per heavy atom. The van der Waals surface area contributed by atoms with Gasteiger partial charge in [0.1, 0.15) is 12.2 Å². The zero-order valence-electron chi connectivity index (χ0n) is 8.87. The number of rotatable bonds is 9. The highest BCUT2D eigenvalue weighted by molar-refractivity contribution is 4.55. The van der Waals surface area contributed by atoms with E-state index in [2.05, 4.69) is 0 Å². The summed E-state index contributed by atoms with van der Waals surface area (Å²) in [5.74, 6) is 0. The fourth-order valence-corrected chi connectivity index (χ4v) is 0.799. The highest BCUT2D eigenvalue weighted by Gasteiger charge is 2.08. The summed E-state index contributed by atoms with van der Waals surface area (Å²) >= 11 is 0. The van der Waals surface area contributed by atoms with Crippen molar-refractivity contribution in [1.82, 2.24) is 0 Å². The molecule has 17 heavy (non-hydrogen) atoms. The van der Waals surface area contributed by atoms with Crippen molar-refractivity contribution in [3.05, 3.63) is 0 Å². The topological polar surface area (TPSA) is 99.4 Å². The van der Waals surface area contributed by atoms with Crippen LogP contribution in [0, 0.1) is 0 Å². The van der Waals surface area contributed by atoms with Crippen LogP contribution in [0.5, 0.6) is 0 Å². The van der Waals surface area contributed by atoms with E-state index in [-0.39, 0.29) is 54.0 Å². The molecule has 0 aromatic heterocycles. The molecule has 0 bridgehead atoms. The molecule has 3 unspecified atom stereocenters. The molecule has 0 spiro atoms. The Morgan fingerprint density at radius 2 is 1.35 bits per heavy atom. The Morgan fingerprint density at radius 3 is 1.82 bits per heavy atom. The second-order valence-corrected chi connectivity index (χ2v) is 3.35. The minimum Gasteiger partial charge on any atom is -0.394 e. The van der Waals surface area contributed by atoms with Crippen LogP contribution in [-0.2, 0) is 9.47 Å². The first kappa shape index (κ1) is 22.0. The van der Waals surface area contributed by atoms with Crippen LogP contribution in [0.15, 0.2) is 0 Å². The minimum atomic E-state index is -0.879. The van der Waals surface area contributed by atoms with Gasteiger partial charge in [0.15, 0.2) is 0 Å². The molecule has 108 valence electrons. The summed E-state index contributed by atoms with van der Waals surface area (Å²) in [6.07, 6.45) is -1.99. The summed E-state index contributed by atoms with van der Waals surface area (Å²) in [6.45, 7) is 1.43. The van der Waals surface area contributed by atoms with Crippen LogP contribution in [0.4, 0.5) is 0 Å². The van der Waals surface area contributed by atoms with Crippen molar-refractivity contribution >= 4 is 0 Å². The predicted octanol–water partition coefficient (Wildman–Crippen LogP) is -0.613. The van der Waals surface area contributed by atoms with Gasteiger partial charge >= 0.3 is 0 Å². The molecule has 0 saturated carbocycles. The standard InChI is InChI=1S/C9H20O6.2CH4/c1-7(15-6-9(13)3-11)4-14-5-8(12)2-10;;/h7-13H,2-6H2,1H3;2*1H4. The second-order valence-electron chi connectivity index (χ2n) is 3.35. The second kappa shape index (κ2) is 13.8. The first-order chi connectivity index (χ1) is 7.10. The van der Waals surface area contributed by atoms with E-state index in [4.69, 9.17) is 29.9 Å². The van der Waals surface area contributed by atoms with Gasteiger partial charge in [-0.2, -0.15) is 0 Å². The minimum absolute atomic E-state index is 0. The third kappa shape index (κ3) is 13.7. The van der Waals surface area contributed by atoms with Gasteiger partial charge in [-0.05, 0) is 6.92 Å². The van der Waals surface area contributed by atoms with Gasteiger partial charge in [0, 0.05) is 0 Å². The molecule has 0 rings (SSSR count). The lowest BCUT2D eigenvalue weighted by Crippen LogP contribution is -2.27. The van der Waals surface area contributed by atoms with E-state index in [1.165, 1.54) is 0 Å². The van der Waals surface area contributed by atoms with E-state index < -0.39 is 12.2 Å². The number of aliphatic hydroxyl groups is 4. The van der Waals surface area contributed by atoms with Gasteiger partial charge in [-0.15, -0.1) is 0 Å². The highest BCUT2D eigenvalue weighted by atomic mass is 16.5. The fraction of sp³-hybridized carbons (Fsp3) is 1.00. The Balaban J connectivity index is -0.000000980. The van der Waals surface area contributed by atoms with Crippen LogP contribution in [0.3, 0.4) is 0 Å². The molecule has 0 aliphatic heterocycles. The number of hydrogen-bond donors (Lipinski definition) is 4. The lowest BCUT2D eigenvalue weighted by molar-refractivity contribution is -0.0670. The van der Waals surface area contributed by atoms with Crippen molar-refractivity contribution in [2.45, 2.75) is 40.1 Å². The molecule has 0 radical (unpaired) electrons. The molecule has 3 atom stereocenters. The van der Waals surface area contributed by atoms with Gasteiger partial charge < -0.3 is 29.9 Å². The Hall–Kier alpha value is -0.240. The third-order valence-electron chi connectivity index (χ3n) is 1.66. The number of aliphatic hydroxyl groups excluding tert-OH is 4. The van der Waals surface area contributed by atoms with Gasteiger partial charge in [-0.25, -0.2) is 0 Å². The van der Waals surface area contributed by atoms with Crippen molar-refractivity contribution in [3.8, 4) is 0 Å². The van der Waals surface area contributed by atoms with E-state index in [1.807, 2.05) is 0 Å². The van der Waals surface area contributed by atoms with Crippen LogP contribution in [0.25, 0.3) is 0 Å². The molecule has 0 aromatic rings. The molecule has 4 N–H and O–H groups in total. The van der Waals surface area contributed by atoms with Crippen LogP contribution in [0.2, 0.25) is 0 Å². The molecule has 6 heteroatoms. The molecular weight excluding hydrogens is 228 g/mol. The molecule has 6 nitrogen and oxygen atoms in total. The van der Waals surface area contributed by atoms with Crippen LogP contribution in [-0.4, -0.2) is 71.8 Å². The average Bonchev–Trinajstić information content (AvgIpc) is 2.25. The van der Waals surface area contributed by atoms with Crippen LogP contribution < -0.4 is 0 Å². The van der Waals surface area contributed by atoms with Crippen LogP contribution in [0.1, 0.15) is 21.8 Å². The van der Waals surface area contributed by atoms with E-state index in [0.717, 1.165) is 0 Å². The zero-order chi connectivity index (χ0) is 11.7. The summed E-state index contributed by atoms with van der Waals surface area (Å²) in [4.78, 5) is 0. The third-order valence-corrected chi connectivity index (χ3v) is 1.66. The molecule has 0 aliphatic rings. The van der Waals surface area contributed by atoms with Gasteiger partial charge in [-0.1, -0.05) is 14.9 Å². The summed E-state index contributed by atoms with van der Waals surface area (Å²) in [5.41, 5.74) is 0. The van der Waals surface area contributed by atoms with Gasteiger partial charge in [0.2, 0.25) is 0 Å². The molecular formula is C11H28O6. The van der Waals surface area contributed by atoms with Gasteiger partial charge in [-0.3, -0.25) is 0 Å². The molecule has 0 saturated heterocycles. The molecule has 0 fully saturated rings. The summed E-state index contributed by atoms with van der Waals surface area (Å²) < 4.78 is 10.2. The lowest BCUT2D eigenvalue weighted by Gasteiger charge is -2.16. The van der Waals surface area contributed by atoms with E-state index in [0.29, 0.717) is 0 Å². The fourth-order valence-electron chi connectivity index (χ4n) is 0.799. The normalized spacial score (nSPS) is 15.4. The van der Waals surface area contributed by atoms with Crippen molar-refractivity contribution < 1.29 is 29.9 Å². The van der Waals surface area contributed by atoms with Crippen LogP contribution >= 0.6 is 0 Å². The Bertz CT molecular complexity index is 144. The largest absolute Gasteiger partial charge is 0.394 e. The highest BCUT2D eigenvalue weighted by Crippen LogP contribution is 1.95.